The van der Waals surface area contributed by atoms with E-state index >= 15 is 0 Å². The lowest BCUT2D eigenvalue weighted by atomic mass is 9.75. The zero-order valence-electron chi connectivity index (χ0n) is 12.7. The van der Waals surface area contributed by atoms with Gasteiger partial charge in [0, 0.05) is 25.8 Å². The van der Waals surface area contributed by atoms with E-state index in [1.54, 1.807) is 0 Å². The SMILES string of the molecule is CNc1ccc(CN(C)C2CCC(C)(C)CC2)cn1. The molecule has 2 rings (SSSR count). The molecule has 19 heavy (non-hydrogen) atoms. The van der Waals surface area contributed by atoms with Crippen molar-refractivity contribution in [3.63, 3.8) is 0 Å². The molecule has 0 aromatic carbocycles. The van der Waals surface area contributed by atoms with E-state index in [0.29, 0.717) is 5.41 Å². The molecule has 0 bridgehead atoms. The maximum absolute atomic E-state index is 4.38. The van der Waals surface area contributed by atoms with Crippen LogP contribution in [0.25, 0.3) is 0 Å². The summed E-state index contributed by atoms with van der Waals surface area (Å²) in [7, 11) is 4.15. The summed E-state index contributed by atoms with van der Waals surface area (Å²) in [6.07, 6.45) is 7.32. The topological polar surface area (TPSA) is 28.2 Å². The van der Waals surface area contributed by atoms with Crippen LogP contribution in [0, 0.1) is 5.41 Å². The van der Waals surface area contributed by atoms with Crippen molar-refractivity contribution in [3.05, 3.63) is 23.9 Å². The summed E-state index contributed by atoms with van der Waals surface area (Å²) in [6.45, 7) is 5.79. The van der Waals surface area contributed by atoms with Gasteiger partial charge in [-0.3, -0.25) is 4.90 Å². The molecule has 0 aliphatic heterocycles. The van der Waals surface area contributed by atoms with Crippen LogP contribution in [0.3, 0.4) is 0 Å². The Bertz CT molecular complexity index is 387. The summed E-state index contributed by atoms with van der Waals surface area (Å²) in [4.78, 5) is 6.87. The highest BCUT2D eigenvalue weighted by atomic mass is 15.1. The molecule has 1 aromatic rings. The Labute approximate surface area is 117 Å². The van der Waals surface area contributed by atoms with Gasteiger partial charge in [0.2, 0.25) is 0 Å². The number of rotatable bonds is 4. The van der Waals surface area contributed by atoms with Crippen molar-refractivity contribution in [1.29, 1.82) is 0 Å². The van der Waals surface area contributed by atoms with Gasteiger partial charge < -0.3 is 5.32 Å². The molecule has 3 heteroatoms. The number of hydrogen-bond donors (Lipinski definition) is 1. The first-order valence-corrected chi connectivity index (χ1v) is 7.33. The van der Waals surface area contributed by atoms with Crippen LogP contribution in [-0.4, -0.2) is 30.0 Å². The van der Waals surface area contributed by atoms with Gasteiger partial charge in [0.25, 0.3) is 0 Å². The van der Waals surface area contributed by atoms with Crippen molar-refractivity contribution in [2.75, 3.05) is 19.4 Å². The zero-order chi connectivity index (χ0) is 13.9. The first kappa shape index (κ1) is 14.3. The second-order valence-corrected chi connectivity index (χ2v) is 6.61. The summed E-state index contributed by atoms with van der Waals surface area (Å²) in [5.74, 6) is 0.936. The molecule has 106 valence electrons. The molecule has 0 amide bonds. The highest BCUT2D eigenvalue weighted by Gasteiger charge is 2.28. The zero-order valence-corrected chi connectivity index (χ0v) is 12.7. The summed E-state index contributed by atoms with van der Waals surface area (Å²) < 4.78 is 0. The molecule has 1 aliphatic rings. The Hall–Kier alpha value is -1.09. The minimum Gasteiger partial charge on any atom is -0.373 e. The summed E-state index contributed by atoms with van der Waals surface area (Å²) in [5, 5.41) is 3.06. The molecule has 0 atom stereocenters. The van der Waals surface area contributed by atoms with Crippen LogP contribution in [-0.2, 0) is 6.54 Å². The molecule has 1 aromatic heterocycles. The molecule has 1 N–H and O–H groups in total. The van der Waals surface area contributed by atoms with E-state index in [1.807, 2.05) is 19.3 Å². The number of hydrogen-bond acceptors (Lipinski definition) is 3. The number of anilines is 1. The quantitative estimate of drug-likeness (QED) is 0.899. The van der Waals surface area contributed by atoms with Crippen LogP contribution < -0.4 is 5.32 Å². The third-order valence-corrected chi connectivity index (χ3v) is 4.44. The fourth-order valence-electron chi connectivity index (χ4n) is 2.91. The maximum atomic E-state index is 4.38. The minimum atomic E-state index is 0.549. The van der Waals surface area contributed by atoms with Crippen LogP contribution in [0.5, 0.6) is 0 Å². The molecular formula is C16H27N3. The van der Waals surface area contributed by atoms with Gasteiger partial charge in [0.15, 0.2) is 0 Å². The summed E-state index contributed by atoms with van der Waals surface area (Å²) in [5.41, 5.74) is 1.85. The second kappa shape index (κ2) is 5.91. The molecule has 1 fully saturated rings. The first-order valence-electron chi connectivity index (χ1n) is 7.33. The van der Waals surface area contributed by atoms with Crippen molar-refractivity contribution >= 4 is 5.82 Å². The molecule has 1 heterocycles. The van der Waals surface area contributed by atoms with Crippen molar-refractivity contribution in [3.8, 4) is 0 Å². The predicted octanol–water partition coefficient (Wildman–Crippen LogP) is 3.52. The van der Waals surface area contributed by atoms with Crippen molar-refractivity contribution in [1.82, 2.24) is 9.88 Å². The van der Waals surface area contributed by atoms with Gasteiger partial charge in [-0.1, -0.05) is 19.9 Å². The fourth-order valence-corrected chi connectivity index (χ4v) is 2.91. The third kappa shape index (κ3) is 3.93. The number of nitrogens with zero attached hydrogens (tertiary/aromatic N) is 2. The van der Waals surface area contributed by atoms with E-state index in [0.717, 1.165) is 18.4 Å². The number of aromatic nitrogens is 1. The summed E-state index contributed by atoms with van der Waals surface area (Å²) >= 11 is 0. The third-order valence-electron chi connectivity index (χ3n) is 4.44. The lowest BCUT2D eigenvalue weighted by molar-refractivity contribution is 0.123. The normalized spacial score (nSPS) is 19.6. The highest BCUT2D eigenvalue weighted by Crippen LogP contribution is 2.36. The number of nitrogens with one attached hydrogen (secondary N) is 1. The maximum Gasteiger partial charge on any atom is 0.125 e. The Morgan fingerprint density at radius 1 is 1.32 bits per heavy atom. The molecule has 0 spiro atoms. The molecule has 3 nitrogen and oxygen atoms in total. The van der Waals surface area contributed by atoms with Crippen LogP contribution in [0.15, 0.2) is 18.3 Å². The van der Waals surface area contributed by atoms with Crippen LogP contribution in [0.2, 0.25) is 0 Å². The monoisotopic (exact) mass is 261 g/mol. The van der Waals surface area contributed by atoms with Gasteiger partial charge >= 0.3 is 0 Å². The van der Waals surface area contributed by atoms with E-state index in [1.165, 1.54) is 31.2 Å². The molecular weight excluding hydrogens is 234 g/mol. The first-order chi connectivity index (χ1) is 9.00. The molecule has 1 saturated carbocycles. The van der Waals surface area contributed by atoms with E-state index in [4.69, 9.17) is 0 Å². The highest BCUT2D eigenvalue weighted by molar-refractivity contribution is 5.34. The number of pyridine rings is 1. The molecule has 1 aliphatic carbocycles. The van der Waals surface area contributed by atoms with E-state index in [-0.39, 0.29) is 0 Å². The van der Waals surface area contributed by atoms with E-state index in [2.05, 4.69) is 42.2 Å². The predicted molar refractivity (Wildman–Crippen MR) is 81.3 cm³/mol. The van der Waals surface area contributed by atoms with Crippen LogP contribution >= 0.6 is 0 Å². The van der Waals surface area contributed by atoms with Crippen molar-refractivity contribution in [2.24, 2.45) is 5.41 Å². The Kier molecular flexibility index (Phi) is 4.46. The fraction of sp³-hybridized carbons (Fsp3) is 0.688. The van der Waals surface area contributed by atoms with Gasteiger partial charge in [0.1, 0.15) is 5.82 Å². The molecule has 0 radical (unpaired) electrons. The summed E-state index contributed by atoms with van der Waals surface area (Å²) in [6, 6.07) is 4.95. The van der Waals surface area contributed by atoms with E-state index < -0.39 is 0 Å². The molecule has 0 unspecified atom stereocenters. The van der Waals surface area contributed by atoms with Gasteiger partial charge in [-0.05, 0) is 49.8 Å². The average molecular weight is 261 g/mol. The standard InChI is InChI=1S/C16H27N3/c1-16(2)9-7-14(8-10-16)19(4)12-13-5-6-15(17-3)18-11-13/h5-6,11,14H,7-10,12H2,1-4H3,(H,17,18). The minimum absolute atomic E-state index is 0.549. The average Bonchev–Trinajstić information content (AvgIpc) is 2.39. The Morgan fingerprint density at radius 2 is 2.00 bits per heavy atom. The van der Waals surface area contributed by atoms with Crippen LogP contribution in [0.4, 0.5) is 5.82 Å². The largest absolute Gasteiger partial charge is 0.373 e. The molecule has 0 saturated heterocycles. The van der Waals surface area contributed by atoms with Gasteiger partial charge in [0.05, 0.1) is 0 Å². The van der Waals surface area contributed by atoms with Crippen molar-refractivity contribution in [2.45, 2.75) is 52.1 Å². The van der Waals surface area contributed by atoms with Gasteiger partial charge in [-0.2, -0.15) is 0 Å². The Balaban J connectivity index is 1.88. The Morgan fingerprint density at radius 3 is 2.53 bits per heavy atom. The van der Waals surface area contributed by atoms with E-state index in [9.17, 15) is 0 Å². The van der Waals surface area contributed by atoms with Crippen LogP contribution in [0.1, 0.15) is 45.1 Å². The lowest BCUT2D eigenvalue weighted by Gasteiger charge is -2.38. The van der Waals surface area contributed by atoms with Crippen molar-refractivity contribution < 1.29 is 0 Å². The second-order valence-electron chi connectivity index (χ2n) is 6.61. The van der Waals surface area contributed by atoms with Gasteiger partial charge in [-0.15, -0.1) is 0 Å². The smallest absolute Gasteiger partial charge is 0.125 e. The van der Waals surface area contributed by atoms with Gasteiger partial charge in [-0.25, -0.2) is 4.98 Å². The lowest BCUT2D eigenvalue weighted by Crippen LogP contribution is -2.36.